The van der Waals surface area contributed by atoms with Crippen LogP contribution in [0.5, 0.6) is 0 Å². The lowest BCUT2D eigenvalue weighted by atomic mass is 9.89. The van der Waals surface area contributed by atoms with Crippen LogP contribution in [0.3, 0.4) is 0 Å². The van der Waals surface area contributed by atoms with Gasteiger partial charge in [-0.05, 0) is 68.0 Å². The maximum Gasteiger partial charge on any atom is 0.270 e. The van der Waals surface area contributed by atoms with E-state index in [1.807, 2.05) is 13.0 Å². The van der Waals surface area contributed by atoms with Crippen molar-refractivity contribution in [1.82, 2.24) is 14.7 Å². The van der Waals surface area contributed by atoms with Crippen LogP contribution in [0.15, 0.2) is 66.9 Å². The summed E-state index contributed by atoms with van der Waals surface area (Å²) in [4.78, 5) is 19.8. The molecule has 1 saturated heterocycles. The number of fused-ring (bicyclic) bond motifs is 1. The van der Waals surface area contributed by atoms with Crippen molar-refractivity contribution < 1.29 is 4.79 Å². The number of piperidine rings is 1. The van der Waals surface area contributed by atoms with Crippen LogP contribution in [0.2, 0.25) is 5.02 Å². The summed E-state index contributed by atoms with van der Waals surface area (Å²) in [5.74, 6) is 0.485. The number of benzene rings is 2. The van der Waals surface area contributed by atoms with Crippen molar-refractivity contribution in [2.45, 2.75) is 39.2 Å². The number of rotatable bonds is 5. The van der Waals surface area contributed by atoms with E-state index in [9.17, 15) is 4.79 Å². The third kappa shape index (κ3) is 4.66. The molecule has 2 aromatic carbocycles. The van der Waals surface area contributed by atoms with Crippen LogP contribution in [0.25, 0.3) is 5.65 Å². The van der Waals surface area contributed by atoms with Gasteiger partial charge in [0, 0.05) is 31.5 Å². The summed E-state index contributed by atoms with van der Waals surface area (Å²) in [6.07, 6.45) is 4.07. The van der Waals surface area contributed by atoms with Crippen molar-refractivity contribution >= 4 is 28.8 Å². The highest BCUT2D eigenvalue weighted by Crippen LogP contribution is 2.30. The Morgan fingerprint density at radius 3 is 2.41 bits per heavy atom. The molecule has 0 unspecified atom stereocenters. The smallest absolute Gasteiger partial charge is 0.270 e. The van der Waals surface area contributed by atoms with Crippen molar-refractivity contribution in [1.29, 1.82) is 0 Å². The van der Waals surface area contributed by atoms with Gasteiger partial charge in [0.05, 0.1) is 10.7 Å². The van der Waals surface area contributed by atoms with E-state index in [0.717, 1.165) is 18.7 Å². The Morgan fingerprint density at radius 2 is 1.71 bits per heavy atom. The fourth-order valence-corrected chi connectivity index (χ4v) is 4.97. The number of pyridine rings is 1. The largest absolute Gasteiger partial charge is 0.371 e. The second-order valence-electron chi connectivity index (χ2n) is 9.14. The number of aryl methyl sites for hydroxylation is 2. The Morgan fingerprint density at radius 1 is 1.00 bits per heavy atom. The zero-order valence-electron chi connectivity index (χ0n) is 19.6. The summed E-state index contributed by atoms with van der Waals surface area (Å²) in [6, 6.07) is 21.1. The van der Waals surface area contributed by atoms with Crippen LogP contribution >= 0.6 is 11.6 Å². The number of carbonyl (C=O) groups is 1. The summed E-state index contributed by atoms with van der Waals surface area (Å²) in [6.45, 7) is 6.56. The number of imidazole rings is 1. The van der Waals surface area contributed by atoms with E-state index in [1.165, 1.54) is 29.7 Å². The van der Waals surface area contributed by atoms with Gasteiger partial charge in [-0.15, -0.1) is 0 Å². The van der Waals surface area contributed by atoms with Gasteiger partial charge in [-0.25, -0.2) is 4.98 Å². The minimum Gasteiger partial charge on any atom is -0.371 e. The van der Waals surface area contributed by atoms with Crippen LogP contribution < -0.4 is 10.2 Å². The van der Waals surface area contributed by atoms with Crippen LogP contribution in [0, 0.1) is 13.8 Å². The highest BCUT2D eigenvalue weighted by atomic mass is 35.5. The molecule has 174 valence electrons. The van der Waals surface area contributed by atoms with Crippen LogP contribution in [0.1, 0.15) is 51.6 Å². The van der Waals surface area contributed by atoms with Crippen molar-refractivity contribution in [2.24, 2.45) is 0 Å². The normalized spacial score (nSPS) is 14.5. The molecule has 6 heteroatoms. The van der Waals surface area contributed by atoms with Crippen LogP contribution in [0.4, 0.5) is 5.69 Å². The molecule has 1 N–H and O–H groups in total. The van der Waals surface area contributed by atoms with E-state index < -0.39 is 0 Å². The first kappa shape index (κ1) is 22.5. The minimum atomic E-state index is -0.158. The number of carbonyl (C=O) groups excluding carboxylic acids is 1. The van der Waals surface area contributed by atoms with Gasteiger partial charge in [0.15, 0.2) is 0 Å². The average Bonchev–Trinajstić information content (AvgIpc) is 3.18. The molecule has 1 fully saturated rings. The molecule has 0 spiro atoms. The maximum absolute atomic E-state index is 12.9. The first-order chi connectivity index (χ1) is 16.5. The number of halogens is 1. The first-order valence-electron chi connectivity index (χ1n) is 11.8. The van der Waals surface area contributed by atoms with E-state index in [1.54, 1.807) is 16.7 Å². The molecule has 4 aromatic rings. The zero-order valence-corrected chi connectivity index (χ0v) is 20.3. The lowest BCUT2D eigenvalue weighted by Gasteiger charge is -2.34. The molecule has 1 aliphatic rings. The third-order valence-electron chi connectivity index (χ3n) is 6.77. The molecular weight excluding hydrogens is 444 g/mol. The van der Waals surface area contributed by atoms with E-state index in [2.05, 4.69) is 70.7 Å². The van der Waals surface area contributed by atoms with Gasteiger partial charge in [0.25, 0.3) is 5.91 Å². The Hall–Kier alpha value is -3.31. The monoisotopic (exact) mass is 472 g/mol. The molecule has 2 aromatic heterocycles. The molecule has 0 saturated carbocycles. The number of nitrogens with zero attached hydrogens (tertiary/aromatic N) is 3. The average molecular weight is 473 g/mol. The fraction of sp³-hybridized carbons (Fsp3) is 0.286. The molecule has 5 nitrogen and oxygen atoms in total. The highest BCUT2D eigenvalue weighted by Gasteiger charge is 2.21. The molecule has 0 atom stereocenters. The lowest BCUT2D eigenvalue weighted by molar-refractivity contribution is 0.0944. The van der Waals surface area contributed by atoms with Gasteiger partial charge in [0.2, 0.25) is 0 Å². The summed E-state index contributed by atoms with van der Waals surface area (Å²) < 4.78 is 1.75. The fourth-order valence-electron chi connectivity index (χ4n) is 4.81. The van der Waals surface area contributed by atoms with Gasteiger partial charge in [0.1, 0.15) is 11.3 Å². The number of anilines is 1. The topological polar surface area (TPSA) is 49.6 Å². The summed E-state index contributed by atoms with van der Waals surface area (Å²) in [5, 5.41) is 3.59. The van der Waals surface area contributed by atoms with E-state index in [4.69, 9.17) is 11.6 Å². The minimum absolute atomic E-state index is 0.158. The van der Waals surface area contributed by atoms with Gasteiger partial charge >= 0.3 is 0 Å². The first-order valence-corrected chi connectivity index (χ1v) is 12.2. The quantitative estimate of drug-likeness (QED) is 0.392. The molecule has 1 amide bonds. The van der Waals surface area contributed by atoms with E-state index in [-0.39, 0.29) is 5.91 Å². The van der Waals surface area contributed by atoms with Crippen molar-refractivity contribution in [3.05, 3.63) is 100.0 Å². The molecule has 5 rings (SSSR count). The molecule has 34 heavy (non-hydrogen) atoms. The van der Waals surface area contributed by atoms with Gasteiger partial charge in [-0.3, -0.25) is 9.20 Å². The second kappa shape index (κ2) is 9.51. The third-order valence-corrected chi connectivity index (χ3v) is 6.99. The van der Waals surface area contributed by atoms with E-state index >= 15 is 0 Å². The molecule has 0 bridgehead atoms. The highest BCUT2D eigenvalue weighted by molar-refractivity contribution is 6.30. The van der Waals surface area contributed by atoms with Crippen molar-refractivity contribution in [3.8, 4) is 0 Å². The Bertz CT molecular complexity index is 1300. The Balaban J connectivity index is 1.18. The van der Waals surface area contributed by atoms with Gasteiger partial charge in [-0.1, -0.05) is 53.6 Å². The van der Waals surface area contributed by atoms with Crippen LogP contribution in [-0.4, -0.2) is 28.4 Å². The standard InChI is InChI=1S/C28H29ClN4O/c1-19-3-7-22(8-4-19)23-13-15-32(16-14-23)25-10-5-21(6-11-25)17-30-28(34)27-20(2)31-26-12-9-24(29)18-33(26)27/h3-12,18,23H,13-17H2,1-2H3,(H,30,34). The molecule has 0 aliphatic carbocycles. The SMILES string of the molecule is Cc1ccc(C2CCN(c3ccc(CNC(=O)c4c(C)nc5ccc(Cl)cn45)cc3)CC2)cc1. The molecular formula is C28H29ClN4O. The lowest BCUT2D eigenvalue weighted by Crippen LogP contribution is -2.32. The number of aromatic nitrogens is 2. The zero-order chi connectivity index (χ0) is 23.7. The number of nitrogens with one attached hydrogen (secondary N) is 1. The molecule has 0 radical (unpaired) electrons. The van der Waals surface area contributed by atoms with Crippen LogP contribution in [-0.2, 0) is 6.54 Å². The Labute approximate surface area is 205 Å². The number of amides is 1. The van der Waals surface area contributed by atoms with Crippen molar-refractivity contribution in [2.75, 3.05) is 18.0 Å². The predicted octanol–water partition coefficient (Wildman–Crippen LogP) is 5.92. The van der Waals surface area contributed by atoms with Gasteiger partial charge < -0.3 is 10.2 Å². The summed E-state index contributed by atoms with van der Waals surface area (Å²) in [5.41, 5.74) is 6.99. The second-order valence-corrected chi connectivity index (χ2v) is 9.58. The maximum atomic E-state index is 12.9. The summed E-state index contributed by atoms with van der Waals surface area (Å²) in [7, 11) is 0. The summed E-state index contributed by atoms with van der Waals surface area (Å²) >= 11 is 6.12. The number of hydrogen-bond acceptors (Lipinski definition) is 3. The molecule has 1 aliphatic heterocycles. The van der Waals surface area contributed by atoms with Gasteiger partial charge in [-0.2, -0.15) is 0 Å². The van der Waals surface area contributed by atoms with E-state index in [0.29, 0.717) is 34.5 Å². The van der Waals surface area contributed by atoms with Crippen molar-refractivity contribution in [3.63, 3.8) is 0 Å². The molecule has 3 heterocycles. The Kier molecular flexibility index (Phi) is 6.29. The predicted molar refractivity (Wildman–Crippen MR) is 138 cm³/mol. The number of hydrogen-bond donors (Lipinski definition) is 1.